The molecule has 0 fully saturated rings. The van der Waals surface area contributed by atoms with Crippen LogP contribution in [0.15, 0.2) is 146 Å². The maximum absolute atomic E-state index is 13.9. The van der Waals surface area contributed by atoms with E-state index in [9.17, 15) is 4.39 Å². The van der Waals surface area contributed by atoms with Gasteiger partial charge in [0, 0.05) is 29.7 Å². The molecule has 0 unspecified atom stereocenters. The first kappa shape index (κ1) is 31.8. The predicted octanol–water partition coefficient (Wildman–Crippen LogP) is 11.6. The first-order valence-electron chi connectivity index (χ1n) is 18.1. The van der Waals surface area contributed by atoms with Crippen molar-refractivity contribution < 1.29 is 8.97 Å². The maximum Gasteiger partial charge on any atom is 0.193 e. The molecule has 0 aliphatic carbocycles. The number of benzene rings is 6. The monoisotopic (exact) mass is 675 g/mol. The van der Waals surface area contributed by atoms with E-state index in [1.54, 1.807) is 12.1 Å². The topological polar surface area (TPSA) is 28.8 Å². The second kappa shape index (κ2) is 13.2. The van der Waals surface area contributed by atoms with Gasteiger partial charge in [-0.1, -0.05) is 155 Å². The van der Waals surface area contributed by atoms with Gasteiger partial charge >= 0.3 is 0 Å². The number of fused-ring (bicyclic) bond motifs is 4. The molecule has 0 spiro atoms. The van der Waals surface area contributed by atoms with E-state index in [0.717, 1.165) is 54.0 Å². The first-order valence-corrected chi connectivity index (χ1v) is 18.1. The van der Waals surface area contributed by atoms with Crippen LogP contribution < -0.4 is 0 Å². The van der Waals surface area contributed by atoms with Crippen molar-refractivity contribution in [3.8, 4) is 33.4 Å². The Labute approximate surface area is 303 Å². The van der Waals surface area contributed by atoms with E-state index in [-0.39, 0.29) is 5.82 Å². The minimum Gasteiger partial charge on any atom is -0.216 e. The molecule has 1 aliphatic rings. The van der Waals surface area contributed by atoms with E-state index in [4.69, 9.17) is 10.2 Å². The zero-order valence-electron chi connectivity index (χ0n) is 29.4. The molecule has 0 saturated heterocycles. The molecule has 0 atom stereocenters. The fourth-order valence-corrected chi connectivity index (χ4v) is 8.20. The van der Waals surface area contributed by atoms with Gasteiger partial charge in [-0.2, -0.15) is 10.2 Å². The Morgan fingerprint density at radius 2 is 1.17 bits per heavy atom. The van der Waals surface area contributed by atoms with Gasteiger partial charge < -0.3 is 0 Å². The summed E-state index contributed by atoms with van der Waals surface area (Å²) >= 11 is 0. The number of nitrogens with zero attached hydrogens (tertiary/aromatic N) is 3. The van der Waals surface area contributed by atoms with Gasteiger partial charge in [-0.25, -0.2) is 8.97 Å². The summed E-state index contributed by atoms with van der Waals surface area (Å²) in [7, 11) is 0. The molecule has 0 amide bonds. The van der Waals surface area contributed by atoms with Crippen LogP contribution in [-0.2, 0) is 12.8 Å². The molecule has 1 aliphatic heterocycles. The van der Waals surface area contributed by atoms with Crippen LogP contribution in [0.3, 0.4) is 0 Å². The molecule has 252 valence electrons. The van der Waals surface area contributed by atoms with Crippen LogP contribution in [0.4, 0.5) is 10.1 Å². The molecule has 0 radical (unpaired) electrons. The van der Waals surface area contributed by atoms with Crippen LogP contribution in [0, 0.1) is 19.7 Å². The number of hydrogen-bond acceptors (Lipinski definition) is 2. The van der Waals surface area contributed by atoms with Crippen molar-refractivity contribution in [1.82, 2.24) is 10.2 Å². The van der Waals surface area contributed by atoms with E-state index < -0.39 is 0 Å². The Morgan fingerprint density at radius 1 is 0.596 bits per heavy atom. The molecule has 52 heavy (non-hydrogen) atoms. The van der Waals surface area contributed by atoms with Crippen molar-refractivity contribution in [2.45, 2.75) is 33.1 Å². The SMILES string of the molecule is Cc1nnc(C)c([N+]2=C(CCc3ccc(F)cc3)c3ccccc3CC2)c1-[c-]1c2cc(-c3ccccc3)ccc2c2ccc(-c3ccccc3)cc21. The third-order valence-corrected chi connectivity index (χ3v) is 10.7. The second-order valence-corrected chi connectivity index (χ2v) is 13.9. The van der Waals surface area contributed by atoms with E-state index >= 15 is 0 Å². The third kappa shape index (κ3) is 5.61. The molecular weight excluding hydrogens is 638 g/mol. The van der Waals surface area contributed by atoms with Gasteiger partial charge in [0.25, 0.3) is 0 Å². The Balaban J connectivity index is 1.34. The molecule has 2 heterocycles. The van der Waals surface area contributed by atoms with E-state index in [0.29, 0.717) is 0 Å². The van der Waals surface area contributed by atoms with Gasteiger partial charge in [0.05, 0.1) is 0 Å². The van der Waals surface area contributed by atoms with Crippen molar-refractivity contribution in [2.75, 3.05) is 6.54 Å². The van der Waals surface area contributed by atoms with Crippen LogP contribution in [-0.4, -0.2) is 27.0 Å². The predicted molar refractivity (Wildman–Crippen MR) is 212 cm³/mol. The van der Waals surface area contributed by atoms with Crippen LogP contribution in [0.5, 0.6) is 0 Å². The average Bonchev–Trinajstić information content (AvgIpc) is 3.51. The highest BCUT2D eigenvalue weighted by molar-refractivity contribution is 6.25. The lowest BCUT2D eigenvalue weighted by Gasteiger charge is -2.23. The van der Waals surface area contributed by atoms with Gasteiger partial charge in [0.2, 0.25) is 0 Å². The maximum atomic E-state index is 13.9. The summed E-state index contributed by atoms with van der Waals surface area (Å²) in [5, 5.41) is 14.5. The summed E-state index contributed by atoms with van der Waals surface area (Å²) in [6.45, 7) is 5.03. The van der Waals surface area contributed by atoms with Crippen LogP contribution in [0.25, 0.3) is 54.9 Å². The largest absolute Gasteiger partial charge is 0.216 e. The number of halogens is 1. The number of rotatable bonds is 7. The smallest absolute Gasteiger partial charge is 0.193 e. The van der Waals surface area contributed by atoms with Crippen molar-refractivity contribution >= 4 is 32.9 Å². The van der Waals surface area contributed by atoms with Gasteiger partial charge in [0.1, 0.15) is 18.1 Å². The fourth-order valence-electron chi connectivity index (χ4n) is 8.20. The highest BCUT2D eigenvalue weighted by Crippen LogP contribution is 2.48. The van der Waals surface area contributed by atoms with Gasteiger partial charge in [-0.05, 0) is 71.8 Å². The number of aryl methyl sites for hydroxylation is 3. The standard InChI is InChI=1S/C48H38FN3/c1-31-46(48(32(2)51-50-31)52-28-27-36-15-9-10-16-40(36)45(52)26-19-33-17-22-39(49)23-18-33)47-43-29-37(34-11-5-3-6-12-34)20-24-41(43)42-25-21-38(30-44(42)47)35-13-7-4-8-14-35/h3-18,20-25,29-30H,19,26-28H2,1-2H3. The Bertz CT molecular complexity index is 2540. The number of hydrogen-bond donors (Lipinski definition) is 0. The summed E-state index contributed by atoms with van der Waals surface area (Å²) in [5.41, 5.74) is 15.0. The van der Waals surface area contributed by atoms with Crippen LogP contribution in [0.1, 0.15) is 34.5 Å². The minimum atomic E-state index is -0.209. The molecule has 8 aromatic rings. The summed E-state index contributed by atoms with van der Waals surface area (Å²) < 4.78 is 16.4. The van der Waals surface area contributed by atoms with Crippen LogP contribution in [0.2, 0.25) is 0 Å². The highest BCUT2D eigenvalue weighted by Gasteiger charge is 2.31. The van der Waals surface area contributed by atoms with E-state index in [2.05, 4.69) is 140 Å². The zero-order chi connectivity index (χ0) is 35.2. The molecule has 0 bridgehead atoms. The lowest BCUT2D eigenvalue weighted by Crippen LogP contribution is -2.29. The lowest BCUT2D eigenvalue weighted by molar-refractivity contribution is -0.443. The minimum absolute atomic E-state index is 0.209. The van der Waals surface area contributed by atoms with E-state index in [1.165, 1.54) is 66.2 Å². The van der Waals surface area contributed by atoms with Gasteiger partial charge in [-0.3, -0.25) is 0 Å². The van der Waals surface area contributed by atoms with E-state index in [1.807, 2.05) is 12.1 Å². The molecular formula is C48H38FN3. The summed E-state index contributed by atoms with van der Waals surface area (Å²) in [6.07, 6.45) is 2.53. The summed E-state index contributed by atoms with van der Waals surface area (Å²) in [4.78, 5) is 0. The second-order valence-electron chi connectivity index (χ2n) is 13.9. The third-order valence-electron chi connectivity index (χ3n) is 10.7. The molecule has 9 rings (SSSR count). The van der Waals surface area contributed by atoms with Gasteiger partial charge in [-0.15, -0.1) is 0 Å². The lowest BCUT2D eigenvalue weighted by atomic mass is 9.91. The van der Waals surface area contributed by atoms with Crippen molar-refractivity contribution in [3.05, 3.63) is 179 Å². The highest BCUT2D eigenvalue weighted by atomic mass is 19.1. The Morgan fingerprint density at radius 3 is 1.81 bits per heavy atom. The van der Waals surface area contributed by atoms with Crippen molar-refractivity contribution in [3.63, 3.8) is 0 Å². The fraction of sp³-hybridized carbons (Fsp3) is 0.125. The molecule has 0 saturated carbocycles. The average molecular weight is 676 g/mol. The van der Waals surface area contributed by atoms with Gasteiger partial charge in [0.15, 0.2) is 11.4 Å². The van der Waals surface area contributed by atoms with Crippen molar-refractivity contribution in [1.29, 1.82) is 0 Å². The number of aromatic nitrogens is 2. The molecule has 0 N–H and O–H groups in total. The molecule has 7 aromatic carbocycles. The molecule has 3 nitrogen and oxygen atoms in total. The summed E-state index contributed by atoms with van der Waals surface area (Å²) in [6, 6.07) is 50.8. The Kier molecular flexibility index (Phi) is 8.08. The molecule has 4 heteroatoms. The Hall–Kier alpha value is -6.13. The first-order chi connectivity index (χ1) is 25.5. The zero-order valence-corrected chi connectivity index (χ0v) is 29.4. The normalized spacial score (nSPS) is 12.8. The molecule has 1 aromatic heterocycles. The summed E-state index contributed by atoms with van der Waals surface area (Å²) in [5.74, 6) is -0.209. The van der Waals surface area contributed by atoms with Crippen LogP contribution >= 0.6 is 0 Å². The van der Waals surface area contributed by atoms with Crippen molar-refractivity contribution in [2.24, 2.45) is 0 Å². The quantitative estimate of drug-likeness (QED) is 0.124.